The van der Waals surface area contributed by atoms with Crippen molar-refractivity contribution in [2.45, 2.75) is 39.0 Å². The van der Waals surface area contributed by atoms with Gasteiger partial charge in [0.05, 0.1) is 5.69 Å². The summed E-state index contributed by atoms with van der Waals surface area (Å²) in [6.07, 6.45) is 2.53. The van der Waals surface area contributed by atoms with Crippen LogP contribution in [0, 0.1) is 0 Å². The highest BCUT2D eigenvalue weighted by molar-refractivity contribution is 5.75. The molecule has 0 spiro atoms. The summed E-state index contributed by atoms with van der Waals surface area (Å²) < 4.78 is 1.57. The Bertz CT molecular complexity index is 1050. The highest BCUT2D eigenvalue weighted by Crippen LogP contribution is 2.21. The molecule has 0 atom stereocenters. The van der Waals surface area contributed by atoms with E-state index < -0.39 is 0 Å². The van der Waals surface area contributed by atoms with Gasteiger partial charge in [-0.2, -0.15) is 0 Å². The van der Waals surface area contributed by atoms with E-state index in [1.807, 2.05) is 44.2 Å². The molecule has 1 aliphatic carbocycles. The highest BCUT2D eigenvalue weighted by Gasteiger charge is 2.23. The van der Waals surface area contributed by atoms with E-state index in [0.29, 0.717) is 11.5 Å². The molecule has 0 amide bonds. The van der Waals surface area contributed by atoms with Gasteiger partial charge in [-0.3, -0.25) is 14.2 Å². The molecule has 0 saturated carbocycles. The molecule has 0 aliphatic heterocycles. The number of nitrogens with zero attached hydrogens (tertiary/aromatic N) is 2. The number of H-pyrrole nitrogens is 1. The first-order valence-corrected chi connectivity index (χ1v) is 8.34. The van der Waals surface area contributed by atoms with Crippen LogP contribution in [0.3, 0.4) is 0 Å². The van der Waals surface area contributed by atoms with Crippen molar-refractivity contribution >= 4 is 11.0 Å². The molecule has 4 rings (SSSR count). The first kappa shape index (κ1) is 14.9. The third kappa shape index (κ3) is 2.12. The summed E-state index contributed by atoms with van der Waals surface area (Å²) >= 11 is 0. The van der Waals surface area contributed by atoms with Crippen molar-refractivity contribution in [3.8, 4) is 5.69 Å². The molecule has 0 unspecified atom stereocenters. The number of hydrogen-bond acceptors (Lipinski definition) is 3. The van der Waals surface area contributed by atoms with Crippen LogP contribution in [0.5, 0.6) is 0 Å². The number of hydrogen-bond donors (Lipinski definition) is 1. The zero-order valence-electron chi connectivity index (χ0n) is 13.8. The lowest BCUT2D eigenvalue weighted by atomic mass is 10.1. The van der Waals surface area contributed by atoms with Gasteiger partial charge in [0.1, 0.15) is 16.9 Å². The molecule has 2 heterocycles. The molecule has 0 bridgehead atoms. The summed E-state index contributed by atoms with van der Waals surface area (Å²) in [7, 11) is 0. The molecule has 1 aliphatic rings. The van der Waals surface area contributed by atoms with E-state index in [-0.39, 0.29) is 22.3 Å². The quantitative estimate of drug-likeness (QED) is 0.789. The molecule has 1 N–H and O–H groups in total. The van der Waals surface area contributed by atoms with Gasteiger partial charge >= 0.3 is 0 Å². The maximum atomic E-state index is 13.2. The van der Waals surface area contributed by atoms with E-state index in [0.717, 1.165) is 36.2 Å². The number of benzene rings is 1. The Morgan fingerprint density at radius 2 is 1.88 bits per heavy atom. The fourth-order valence-electron chi connectivity index (χ4n) is 3.47. The maximum absolute atomic E-state index is 13.2. The molecule has 0 saturated heterocycles. The van der Waals surface area contributed by atoms with Gasteiger partial charge in [-0.1, -0.05) is 32.0 Å². The van der Waals surface area contributed by atoms with Crippen molar-refractivity contribution in [1.82, 2.24) is 14.5 Å². The van der Waals surface area contributed by atoms with E-state index in [2.05, 4.69) is 9.97 Å². The highest BCUT2D eigenvalue weighted by atomic mass is 16.1. The number of para-hydroxylation sites is 1. The van der Waals surface area contributed by atoms with E-state index in [4.69, 9.17) is 0 Å². The molecule has 0 radical (unpaired) electrons. The summed E-state index contributed by atoms with van der Waals surface area (Å²) in [6, 6.07) is 9.38. The monoisotopic (exact) mass is 321 g/mol. The molecule has 2 aromatic heterocycles. The average Bonchev–Trinajstić information content (AvgIpc) is 3.04. The van der Waals surface area contributed by atoms with Gasteiger partial charge in [0.2, 0.25) is 0 Å². The minimum absolute atomic E-state index is 0.0547. The lowest BCUT2D eigenvalue weighted by Crippen LogP contribution is -2.30. The molecule has 3 aromatic rings. The molecular weight excluding hydrogens is 302 g/mol. The Kier molecular flexibility index (Phi) is 3.37. The maximum Gasteiger partial charge on any atom is 0.271 e. The van der Waals surface area contributed by atoms with Gasteiger partial charge in [-0.25, -0.2) is 4.98 Å². The van der Waals surface area contributed by atoms with Crippen LogP contribution in [-0.4, -0.2) is 14.5 Å². The van der Waals surface area contributed by atoms with Crippen molar-refractivity contribution < 1.29 is 0 Å². The van der Waals surface area contributed by atoms with Gasteiger partial charge in [-0.15, -0.1) is 0 Å². The number of nitrogens with one attached hydrogen (secondary N) is 1. The van der Waals surface area contributed by atoms with Gasteiger partial charge in [0.15, 0.2) is 5.43 Å². The molecule has 122 valence electrons. The van der Waals surface area contributed by atoms with E-state index in [9.17, 15) is 9.59 Å². The van der Waals surface area contributed by atoms with Gasteiger partial charge in [0, 0.05) is 17.2 Å². The van der Waals surface area contributed by atoms with Crippen molar-refractivity contribution in [3.63, 3.8) is 0 Å². The topological polar surface area (TPSA) is 67.8 Å². The minimum atomic E-state index is -0.286. The predicted octanol–water partition coefficient (Wildman–Crippen LogP) is 2.69. The largest absolute Gasteiger partial charge is 0.343 e. The number of aryl methyl sites for hydroxylation is 1. The second-order valence-electron chi connectivity index (χ2n) is 6.59. The van der Waals surface area contributed by atoms with Crippen LogP contribution in [0.15, 0.2) is 39.9 Å². The first-order valence-electron chi connectivity index (χ1n) is 8.34. The number of aromatic nitrogens is 3. The van der Waals surface area contributed by atoms with E-state index in [1.165, 1.54) is 0 Å². The smallest absolute Gasteiger partial charge is 0.271 e. The third-order valence-electron chi connectivity index (χ3n) is 4.63. The van der Waals surface area contributed by atoms with Gasteiger partial charge in [0.25, 0.3) is 5.56 Å². The third-order valence-corrected chi connectivity index (χ3v) is 4.63. The second-order valence-corrected chi connectivity index (χ2v) is 6.59. The van der Waals surface area contributed by atoms with Crippen LogP contribution in [0.25, 0.3) is 16.7 Å². The molecule has 24 heavy (non-hydrogen) atoms. The lowest BCUT2D eigenvalue weighted by molar-refractivity contribution is 0.720. The van der Waals surface area contributed by atoms with Crippen molar-refractivity contribution in [1.29, 1.82) is 0 Å². The SMILES string of the molecule is CC(C)c1nc2[nH]c3c(c(=O)c2c(=O)n1-c1ccccc1)CCC3. The molecule has 5 heteroatoms. The summed E-state index contributed by atoms with van der Waals surface area (Å²) in [5, 5.41) is 0.170. The van der Waals surface area contributed by atoms with Gasteiger partial charge in [-0.05, 0) is 31.4 Å². The van der Waals surface area contributed by atoms with Crippen molar-refractivity contribution in [2.75, 3.05) is 0 Å². The fourth-order valence-corrected chi connectivity index (χ4v) is 3.47. The Balaban J connectivity index is 2.16. The number of aromatic amines is 1. The Labute approximate surface area is 139 Å². The second kappa shape index (κ2) is 5.44. The Morgan fingerprint density at radius 3 is 2.58 bits per heavy atom. The summed E-state index contributed by atoms with van der Waals surface area (Å²) in [5.41, 5.74) is 2.39. The zero-order chi connectivity index (χ0) is 16.8. The van der Waals surface area contributed by atoms with Crippen LogP contribution in [-0.2, 0) is 12.8 Å². The molecule has 0 fully saturated rings. The number of rotatable bonds is 2. The Morgan fingerprint density at radius 1 is 1.12 bits per heavy atom. The summed E-state index contributed by atoms with van der Waals surface area (Å²) in [6.45, 7) is 4.00. The number of fused-ring (bicyclic) bond motifs is 2. The average molecular weight is 321 g/mol. The zero-order valence-corrected chi connectivity index (χ0v) is 13.8. The molecular formula is C19H19N3O2. The van der Waals surface area contributed by atoms with Crippen LogP contribution in [0.2, 0.25) is 0 Å². The minimum Gasteiger partial charge on any atom is -0.343 e. The fraction of sp³-hybridized carbons (Fsp3) is 0.316. The number of pyridine rings is 1. The van der Waals surface area contributed by atoms with Crippen LogP contribution in [0.1, 0.15) is 43.3 Å². The van der Waals surface area contributed by atoms with Crippen LogP contribution < -0.4 is 11.0 Å². The van der Waals surface area contributed by atoms with Crippen molar-refractivity contribution in [3.05, 3.63) is 68.0 Å². The van der Waals surface area contributed by atoms with Gasteiger partial charge < -0.3 is 4.98 Å². The predicted molar refractivity (Wildman–Crippen MR) is 94.1 cm³/mol. The first-order chi connectivity index (χ1) is 11.6. The Hall–Kier alpha value is -2.69. The normalized spacial score (nSPS) is 13.6. The summed E-state index contributed by atoms with van der Waals surface area (Å²) in [5.74, 6) is 0.714. The standard InChI is InChI=1S/C19H19N3O2/c1-11(2)18-21-17-15(16(23)13-9-6-10-14(13)20-17)19(24)22(18)12-7-4-3-5-8-12/h3-5,7-8,11H,6,9-10H2,1-2H3,(H,20,23). The van der Waals surface area contributed by atoms with Crippen LogP contribution >= 0.6 is 0 Å². The van der Waals surface area contributed by atoms with E-state index >= 15 is 0 Å². The van der Waals surface area contributed by atoms with E-state index in [1.54, 1.807) is 4.57 Å². The van der Waals surface area contributed by atoms with Crippen molar-refractivity contribution in [2.24, 2.45) is 0 Å². The van der Waals surface area contributed by atoms with Crippen LogP contribution in [0.4, 0.5) is 0 Å². The lowest BCUT2D eigenvalue weighted by Gasteiger charge is -2.16. The summed E-state index contributed by atoms with van der Waals surface area (Å²) in [4.78, 5) is 33.9. The molecule has 1 aromatic carbocycles. The molecule has 5 nitrogen and oxygen atoms in total.